The molecule has 0 aliphatic rings. The van der Waals surface area contributed by atoms with E-state index in [1.54, 1.807) is 48.5 Å². The minimum atomic E-state index is -3.93. The molecule has 0 aromatic heterocycles. The van der Waals surface area contributed by atoms with Gasteiger partial charge in [-0.2, -0.15) is 8.42 Å². The van der Waals surface area contributed by atoms with Gasteiger partial charge < -0.3 is 4.18 Å². The topological polar surface area (TPSA) is 86.5 Å². The zero-order valence-electron chi connectivity index (χ0n) is 11.7. The fraction of sp³-hybridized carbons (Fsp3) is 0.200. The van der Waals surface area contributed by atoms with Gasteiger partial charge in [-0.25, -0.2) is 0 Å². The van der Waals surface area contributed by atoms with E-state index < -0.39 is 33.3 Å². The lowest BCUT2D eigenvalue weighted by Crippen LogP contribution is -2.24. The van der Waals surface area contributed by atoms with Crippen molar-refractivity contribution < 1.29 is 17.5 Å². The second-order valence-electron chi connectivity index (χ2n) is 4.74. The van der Waals surface area contributed by atoms with Gasteiger partial charge in [0, 0.05) is 4.92 Å². The maximum atomic E-state index is 12.1. The van der Waals surface area contributed by atoms with E-state index in [-0.39, 0.29) is 5.75 Å². The van der Waals surface area contributed by atoms with Crippen molar-refractivity contribution in [2.24, 2.45) is 0 Å². The Labute approximate surface area is 128 Å². The van der Waals surface area contributed by atoms with E-state index in [1.165, 1.54) is 12.1 Å². The zero-order chi connectivity index (χ0) is 16.0. The first kappa shape index (κ1) is 16.0. The molecule has 0 fully saturated rings. The quantitative estimate of drug-likeness (QED) is 0.444. The molecule has 2 aromatic carbocycles. The van der Waals surface area contributed by atoms with Crippen molar-refractivity contribution in [1.29, 1.82) is 0 Å². The molecule has 0 radical (unpaired) electrons. The lowest BCUT2D eigenvalue weighted by Gasteiger charge is -2.14. The molecule has 1 atom stereocenters. The standard InChI is InChI=1S/C15H15NO5S/c17-16(18)11-14(13-7-3-1-4-8-13)12-22(19,20)21-15-9-5-2-6-10-15/h1-10,14H,11-12H2. The lowest BCUT2D eigenvalue weighted by atomic mass is 10.0. The number of benzene rings is 2. The van der Waals surface area contributed by atoms with E-state index in [0.29, 0.717) is 5.56 Å². The largest absolute Gasteiger partial charge is 0.382 e. The van der Waals surface area contributed by atoms with Crippen molar-refractivity contribution in [3.8, 4) is 5.75 Å². The van der Waals surface area contributed by atoms with Crippen molar-refractivity contribution in [2.45, 2.75) is 5.92 Å². The highest BCUT2D eigenvalue weighted by molar-refractivity contribution is 7.87. The first-order chi connectivity index (χ1) is 10.5. The number of rotatable bonds is 7. The number of para-hydroxylation sites is 1. The van der Waals surface area contributed by atoms with Gasteiger partial charge in [-0.1, -0.05) is 48.5 Å². The van der Waals surface area contributed by atoms with E-state index in [9.17, 15) is 18.5 Å². The predicted octanol–water partition coefficient (Wildman–Crippen LogP) is 2.46. The molecule has 0 heterocycles. The van der Waals surface area contributed by atoms with Crippen LogP contribution >= 0.6 is 0 Å². The first-order valence-electron chi connectivity index (χ1n) is 6.60. The molecule has 0 spiro atoms. The van der Waals surface area contributed by atoms with Crippen molar-refractivity contribution in [3.63, 3.8) is 0 Å². The number of nitrogens with zero attached hydrogens (tertiary/aromatic N) is 1. The van der Waals surface area contributed by atoms with Crippen molar-refractivity contribution in [3.05, 3.63) is 76.3 Å². The molecular weight excluding hydrogens is 306 g/mol. The molecule has 116 valence electrons. The van der Waals surface area contributed by atoms with E-state index >= 15 is 0 Å². The Kier molecular flexibility index (Phi) is 5.11. The molecule has 0 bridgehead atoms. The summed E-state index contributed by atoms with van der Waals surface area (Å²) < 4.78 is 29.2. The molecular formula is C15H15NO5S. The zero-order valence-corrected chi connectivity index (χ0v) is 12.5. The van der Waals surface area contributed by atoms with E-state index in [4.69, 9.17) is 4.18 Å². The third-order valence-electron chi connectivity index (χ3n) is 3.01. The van der Waals surface area contributed by atoms with E-state index in [2.05, 4.69) is 0 Å². The fourth-order valence-corrected chi connectivity index (χ4v) is 3.33. The highest BCUT2D eigenvalue weighted by atomic mass is 32.2. The minimum Gasteiger partial charge on any atom is -0.382 e. The molecule has 7 heteroatoms. The summed E-state index contributed by atoms with van der Waals surface area (Å²) in [4.78, 5) is 10.3. The maximum absolute atomic E-state index is 12.1. The van der Waals surface area contributed by atoms with Gasteiger partial charge in [0.15, 0.2) is 0 Å². The Morgan fingerprint density at radius 2 is 1.55 bits per heavy atom. The van der Waals surface area contributed by atoms with Crippen LogP contribution in [0.5, 0.6) is 5.75 Å². The van der Waals surface area contributed by atoms with Crippen LogP contribution in [0.4, 0.5) is 0 Å². The SMILES string of the molecule is O=[N+]([O-])CC(CS(=O)(=O)Oc1ccccc1)c1ccccc1. The fourth-order valence-electron chi connectivity index (χ4n) is 2.06. The van der Waals surface area contributed by atoms with Crippen LogP contribution in [-0.2, 0) is 10.1 Å². The van der Waals surface area contributed by atoms with Gasteiger partial charge in [-0.05, 0) is 17.7 Å². The summed E-state index contributed by atoms with van der Waals surface area (Å²) in [6.07, 6.45) is 0. The molecule has 0 aliphatic heterocycles. The summed E-state index contributed by atoms with van der Waals surface area (Å²) in [5.74, 6) is -1.02. The summed E-state index contributed by atoms with van der Waals surface area (Å²) in [5, 5.41) is 10.8. The third kappa shape index (κ3) is 4.85. The first-order valence-corrected chi connectivity index (χ1v) is 8.18. The summed E-state index contributed by atoms with van der Waals surface area (Å²) in [6.45, 7) is -0.471. The van der Waals surface area contributed by atoms with E-state index in [0.717, 1.165) is 0 Å². The second-order valence-corrected chi connectivity index (χ2v) is 6.36. The van der Waals surface area contributed by atoms with Crippen LogP contribution in [0.1, 0.15) is 11.5 Å². The molecule has 22 heavy (non-hydrogen) atoms. The van der Waals surface area contributed by atoms with E-state index in [1.807, 2.05) is 0 Å². The van der Waals surface area contributed by atoms with Crippen LogP contribution in [0.15, 0.2) is 60.7 Å². The molecule has 0 saturated carbocycles. The van der Waals surface area contributed by atoms with Gasteiger partial charge in [0.05, 0.1) is 11.7 Å². The Morgan fingerprint density at radius 1 is 1.00 bits per heavy atom. The van der Waals surface area contributed by atoms with Crippen molar-refractivity contribution in [1.82, 2.24) is 0 Å². The molecule has 0 N–H and O–H groups in total. The van der Waals surface area contributed by atoms with Crippen LogP contribution in [0.25, 0.3) is 0 Å². The third-order valence-corrected chi connectivity index (χ3v) is 4.27. The highest BCUT2D eigenvalue weighted by Crippen LogP contribution is 2.20. The Morgan fingerprint density at radius 3 is 2.09 bits per heavy atom. The molecule has 2 rings (SSSR count). The minimum absolute atomic E-state index is 0.190. The van der Waals surface area contributed by atoms with Gasteiger partial charge in [-0.3, -0.25) is 10.1 Å². The summed E-state index contributed by atoms with van der Waals surface area (Å²) >= 11 is 0. The van der Waals surface area contributed by atoms with Crippen LogP contribution in [0, 0.1) is 10.1 Å². The highest BCUT2D eigenvalue weighted by Gasteiger charge is 2.26. The van der Waals surface area contributed by atoms with Gasteiger partial charge in [0.1, 0.15) is 5.75 Å². The Bertz CT molecular complexity index is 716. The molecule has 2 aromatic rings. The average Bonchev–Trinajstić information content (AvgIpc) is 2.47. The Hall–Kier alpha value is -2.41. The predicted molar refractivity (Wildman–Crippen MR) is 81.9 cm³/mol. The normalized spacial score (nSPS) is 12.5. The molecule has 0 aliphatic carbocycles. The van der Waals surface area contributed by atoms with Gasteiger partial charge in [0.2, 0.25) is 6.54 Å². The monoisotopic (exact) mass is 321 g/mol. The molecule has 1 unspecified atom stereocenters. The molecule has 6 nitrogen and oxygen atoms in total. The Balaban J connectivity index is 2.17. The second kappa shape index (κ2) is 7.04. The van der Waals surface area contributed by atoms with Gasteiger partial charge in [-0.15, -0.1) is 0 Å². The number of hydrogen-bond acceptors (Lipinski definition) is 5. The molecule has 0 saturated heterocycles. The number of hydrogen-bond donors (Lipinski definition) is 0. The molecule has 0 amide bonds. The van der Waals surface area contributed by atoms with Crippen molar-refractivity contribution in [2.75, 3.05) is 12.3 Å². The summed E-state index contributed by atoms with van der Waals surface area (Å²) in [5.41, 5.74) is 0.597. The summed E-state index contributed by atoms with van der Waals surface area (Å²) in [7, 11) is -3.93. The maximum Gasteiger partial charge on any atom is 0.310 e. The van der Waals surface area contributed by atoms with Crippen LogP contribution in [0.2, 0.25) is 0 Å². The van der Waals surface area contributed by atoms with Crippen LogP contribution in [0.3, 0.4) is 0 Å². The summed E-state index contributed by atoms with van der Waals surface area (Å²) in [6, 6.07) is 16.6. The van der Waals surface area contributed by atoms with Crippen molar-refractivity contribution >= 4 is 10.1 Å². The lowest BCUT2D eigenvalue weighted by molar-refractivity contribution is -0.482. The number of nitro groups is 1. The van der Waals surface area contributed by atoms with Crippen LogP contribution in [-0.4, -0.2) is 25.6 Å². The van der Waals surface area contributed by atoms with Crippen LogP contribution < -0.4 is 4.18 Å². The van der Waals surface area contributed by atoms with Gasteiger partial charge >= 0.3 is 10.1 Å². The average molecular weight is 321 g/mol. The smallest absolute Gasteiger partial charge is 0.310 e. The van der Waals surface area contributed by atoms with Gasteiger partial charge in [0.25, 0.3) is 0 Å².